The van der Waals surface area contributed by atoms with Crippen LogP contribution in [-0.4, -0.2) is 48.6 Å². The van der Waals surface area contributed by atoms with Crippen molar-refractivity contribution in [3.8, 4) is 0 Å². The van der Waals surface area contributed by atoms with Gasteiger partial charge in [-0.2, -0.15) is 0 Å². The monoisotopic (exact) mass is 442 g/mol. The molecular formula is C22H20F2N4O4. The number of rotatable bonds is 3. The first-order chi connectivity index (χ1) is 15.2. The van der Waals surface area contributed by atoms with Crippen molar-refractivity contribution in [2.75, 3.05) is 0 Å². The van der Waals surface area contributed by atoms with Gasteiger partial charge in [-0.15, -0.1) is 0 Å². The van der Waals surface area contributed by atoms with Crippen LogP contribution in [0.25, 0.3) is 11.0 Å². The van der Waals surface area contributed by atoms with Crippen LogP contribution in [0.15, 0.2) is 40.1 Å². The van der Waals surface area contributed by atoms with E-state index >= 15 is 0 Å². The van der Waals surface area contributed by atoms with Crippen LogP contribution in [0.3, 0.4) is 0 Å². The molecular weight excluding hydrogens is 422 g/mol. The van der Waals surface area contributed by atoms with Crippen LogP contribution < -0.4 is 11.2 Å². The first kappa shape index (κ1) is 20.5. The highest BCUT2D eigenvalue weighted by Gasteiger charge is 2.49. The second kappa shape index (κ2) is 7.33. The van der Waals surface area contributed by atoms with Gasteiger partial charge in [-0.1, -0.05) is 6.07 Å². The molecule has 4 heterocycles. The lowest BCUT2D eigenvalue weighted by Crippen LogP contribution is -2.54. The number of halogens is 2. The number of benzene rings is 1. The first-order valence-corrected chi connectivity index (χ1v) is 10.3. The first-order valence-electron chi connectivity index (χ1n) is 10.3. The molecule has 8 nitrogen and oxygen atoms in total. The lowest BCUT2D eigenvalue weighted by molar-refractivity contribution is -0.0431. The molecule has 2 fully saturated rings. The van der Waals surface area contributed by atoms with Crippen molar-refractivity contribution in [3.05, 3.63) is 74.1 Å². The van der Waals surface area contributed by atoms with Gasteiger partial charge in [-0.25, -0.2) is 18.6 Å². The summed E-state index contributed by atoms with van der Waals surface area (Å²) in [6.45, 7) is 0. The Balaban J connectivity index is 1.40. The highest BCUT2D eigenvalue weighted by atomic mass is 19.1. The third-order valence-corrected chi connectivity index (χ3v) is 6.46. The van der Waals surface area contributed by atoms with Crippen molar-refractivity contribution in [2.24, 2.45) is 0 Å². The maximum absolute atomic E-state index is 14.1. The van der Waals surface area contributed by atoms with Gasteiger partial charge in [0.1, 0.15) is 17.3 Å². The molecule has 0 radical (unpaired) electrons. The Kier molecular flexibility index (Phi) is 4.70. The highest BCUT2D eigenvalue weighted by Crippen LogP contribution is 2.43. The number of H-pyrrole nitrogens is 2. The number of aromatic amines is 2. The number of aliphatic hydroxyl groups is 1. The Labute approximate surface area is 179 Å². The fourth-order valence-corrected chi connectivity index (χ4v) is 5.13. The summed E-state index contributed by atoms with van der Waals surface area (Å²) in [7, 11) is 0. The maximum atomic E-state index is 14.1. The minimum absolute atomic E-state index is 0.0361. The number of pyridine rings is 1. The summed E-state index contributed by atoms with van der Waals surface area (Å²) in [4.78, 5) is 47.0. The summed E-state index contributed by atoms with van der Waals surface area (Å²) >= 11 is 0. The van der Waals surface area contributed by atoms with Gasteiger partial charge in [0.15, 0.2) is 0 Å². The van der Waals surface area contributed by atoms with Crippen molar-refractivity contribution in [3.63, 3.8) is 0 Å². The minimum Gasteiger partial charge on any atom is -0.389 e. The number of amides is 1. The van der Waals surface area contributed by atoms with Crippen LogP contribution in [0.4, 0.5) is 8.78 Å². The van der Waals surface area contributed by atoms with Gasteiger partial charge in [0.2, 0.25) is 0 Å². The molecule has 2 aliphatic rings. The van der Waals surface area contributed by atoms with E-state index < -0.39 is 28.5 Å². The lowest BCUT2D eigenvalue weighted by atomic mass is 9.81. The van der Waals surface area contributed by atoms with E-state index in [4.69, 9.17) is 0 Å². The number of carbonyl (C=O) groups is 1. The SMILES string of the molecule is O=C(c1cnc2[nH]c(=O)[nH]c(=O)c2c1)N1C2CCC1CC(O)(Cc1ccc(F)cc1F)C2. The molecule has 2 aliphatic heterocycles. The topological polar surface area (TPSA) is 119 Å². The van der Waals surface area contributed by atoms with Crippen LogP contribution >= 0.6 is 0 Å². The number of aromatic nitrogens is 3. The minimum atomic E-state index is -1.21. The third-order valence-electron chi connectivity index (χ3n) is 6.46. The molecule has 1 amide bonds. The summed E-state index contributed by atoms with van der Waals surface area (Å²) in [6, 6.07) is 4.20. The standard InChI is InChI=1S/C22H20F2N4O4/c23-13-2-1-11(17(24)6-13)7-22(32)8-14-3-4-15(9-22)28(14)20(30)12-5-16-18(25-10-12)26-21(31)27-19(16)29/h1-2,5-6,10,14-15,32H,3-4,7-9H2,(H2,25,26,27,29,31). The highest BCUT2D eigenvalue weighted by molar-refractivity contribution is 5.97. The van der Waals surface area contributed by atoms with E-state index in [9.17, 15) is 28.3 Å². The van der Waals surface area contributed by atoms with E-state index in [0.29, 0.717) is 12.8 Å². The summed E-state index contributed by atoms with van der Waals surface area (Å²) in [5, 5.41) is 11.3. The van der Waals surface area contributed by atoms with E-state index in [0.717, 1.165) is 12.1 Å². The number of nitrogens with one attached hydrogen (secondary N) is 2. The average Bonchev–Trinajstić information content (AvgIpc) is 3.01. The second-order valence-electron chi connectivity index (χ2n) is 8.67. The second-order valence-corrected chi connectivity index (χ2v) is 8.67. The van der Waals surface area contributed by atoms with Crippen molar-refractivity contribution in [1.29, 1.82) is 0 Å². The molecule has 3 aromatic rings. The third kappa shape index (κ3) is 3.50. The van der Waals surface area contributed by atoms with E-state index in [1.807, 2.05) is 0 Å². The van der Waals surface area contributed by atoms with Crippen LogP contribution in [0, 0.1) is 11.6 Å². The van der Waals surface area contributed by atoms with Gasteiger partial charge in [-0.3, -0.25) is 19.6 Å². The average molecular weight is 442 g/mol. The number of hydrogen-bond acceptors (Lipinski definition) is 5. The molecule has 0 aliphatic carbocycles. The predicted molar refractivity (Wildman–Crippen MR) is 110 cm³/mol. The van der Waals surface area contributed by atoms with Crippen molar-refractivity contribution in [1.82, 2.24) is 19.9 Å². The van der Waals surface area contributed by atoms with E-state index in [1.54, 1.807) is 4.90 Å². The zero-order chi connectivity index (χ0) is 22.6. The molecule has 0 spiro atoms. The molecule has 166 valence electrons. The molecule has 0 saturated carbocycles. The van der Waals surface area contributed by atoms with Crippen LogP contribution in [-0.2, 0) is 6.42 Å². The summed E-state index contributed by atoms with van der Waals surface area (Å²) in [5.41, 5.74) is -1.99. The molecule has 2 atom stereocenters. The fraction of sp³-hybridized carbons (Fsp3) is 0.364. The van der Waals surface area contributed by atoms with Crippen molar-refractivity contribution >= 4 is 16.9 Å². The van der Waals surface area contributed by atoms with Crippen molar-refractivity contribution in [2.45, 2.75) is 49.8 Å². The number of fused-ring (bicyclic) bond motifs is 3. The Hall–Kier alpha value is -3.40. The number of piperidine rings is 1. The van der Waals surface area contributed by atoms with E-state index in [-0.39, 0.29) is 59.4 Å². The summed E-state index contributed by atoms with van der Waals surface area (Å²) in [6.07, 6.45) is 3.27. The molecule has 2 saturated heterocycles. The van der Waals surface area contributed by atoms with Crippen LogP contribution in [0.5, 0.6) is 0 Å². The quantitative estimate of drug-likeness (QED) is 0.570. The zero-order valence-electron chi connectivity index (χ0n) is 16.9. The smallest absolute Gasteiger partial charge is 0.327 e. The molecule has 5 rings (SSSR count). The molecule has 2 aromatic heterocycles. The zero-order valence-corrected chi connectivity index (χ0v) is 16.9. The summed E-state index contributed by atoms with van der Waals surface area (Å²) in [5.74, 6) is -1.69. The van der Waals surface area contributed by atoms with E-state index in [1.165, 1.54) is 18.3 Å². The van der Waals surface area contributed by atoms with Gasteiger partial charge in [-0.05, 0) is 43.4 Å². The number of hydrogen-bond donors (Lipinski definition) is 3. The largest absolute Gasteiger partial charge is 0.389 e. The van der Waals surface area contributed by atoms with Gasteiger partial charge in [0.05, 0.1) is 16.6 Å². The fourth-order valence-electron chi connectivity index (χ4n) is 5.13. The van der Waals surface area contributed by atoms with Crippen molar-refractivity contribution < 1.29 is 18.7 Å². The Morgan fingerprint density at radius 2 is 1.88 bits per heavy atom. The lowest BCUT2D eigenvalue weighted by Gasteiger charge is -2.44. The molecule has 1 aromatic carbocycles. The number of nitrogens with zero attached hydrogens (tertiary/aromatic N) is 2. The van der Waals surface area contributed by atoms with Gasteiger partial charge >= 0.3 is 5.69 Å². The maximum Gasteiger partial charge on any atom is 0.327 e. The molecule has 2 unspecified atom stereocenters. The molecule has 2 bridgehead atoms. The molecule has 10 heteroatoms. The van der Waals surface area contributed by atoms with Crippen LogP contribution in [0.2, 0.25) is 0 Å². The van der Waals surface area contributed by atoms with Gasteiger partial charge in [0, 0.05) is 30.8 Å². The Morgan fingerprint density at radius 1 is 1.16 bits per heavy atom. The Bertz CT molecular complexity index is 1340. The van der Waals surface area contributed by atoms with E-state index in [2.05, 4.69) is 15.0 Å². The van der Waals surface area contributed by atoms with Crippen LogP contribution in [0.1, 0.15) is 41.6 Å². The van der Waals surface area contributed by atoms with Gasteiger partial charge < -0.3 is 10.0 Å². The molecule has 32 heavy (non-hydrogen) atoms. The number of carbonyl (C=O) groups excluding carboxylic acids is 1. The predicted octanol–water partition coefficient (Wildman–Crippen LogP) is 1.63. The Morgan fingerprint density at radius 3 is 2.56 bits per heavy atom. The van der Waals surface area contributed by atoms with Gasteiger partial charge in [0.25, 0.3) is 11.5 Å². The normalized spacial score (nSPS) is 24.8. The summed E-state index contributed by atoms with van der Waals surface area (Å²) < 4.78 is 27.3. The molecule has 3 N–H and O–H groups in total.